The Morgan fingerprint density at radius 2 is 1.17 bits per heavy atom. The normalized spacial score (nSPS) is 13.8. The molecule has 0 bridgehead atoms. The molecule has 2 nitrogen and oxygen atoms in total. The van der Waals surface area contributed by atoms with Gasteiger partial charge >= 0.3 is 14.5 Å². The minimum absolute atomic E-state index is 0.346. The zero-order valence-corrected chi connectivity index (χ0v) is 18.7. The molecule has 0 radical (unpaired) electrons. The van der Waals surface area contributed by atoms with E-state index in [1.165, 1.54) is 23.4 Å². The van der Waals surface area contributed by atoms with Gasteiger partial charge in [-0.1, -0.05) is 91.1 Å². The lowest BCUT2D eigenvalue weighted by atomic mass is 10.1. The van der Waals surface area contributed by atoms with Crippen molar-refractivity contribution in [1.82, 2.24) is 4.90 Å². The van der Waals surface area contributed by atoms with Crippen LogP contribution in [-0.4, -0.2) is 38.7 Å². The Balaban J connectivity index is 5.02. The molecule has 0 aliphatic heterocycles. The van der Waals surface area contributed by atoms with E-state index >= 15 is 0 Å². The first-order valence-electron chi connectivity index (χ1n) is 10.0. The molecular weight excluding hydrogens is 297 g/mol. The second kappa shape index (κ2) is 12.8. The van der Waals surface area contributed by atoms with E-state index < -0.39 is 14.5 Å². The van der Waals surface area contributed by atoms with Crippen LogP contribution < -0.4 is 0 Å². The largest absolute Gasteiger partial charge is 0.487 e. The molecular formula is C20H44AlNO. The van der Waals surface area contributed by atoms with Crippen LogP contribution in [0.1, 0.15) is 75.2 Å². The Morgan fingerprint density at radius 3 is 1.48 bits per heavy atom. The molecule has 0 amide bonds. The van der Waals surface area contributed by atoms with E-state index in [1.54, 1.807) is 0 Å². The zero-order chi connectivity index (χ0) is 18.0. The third-order valence-corrected chi connectivity index (χ3v) is 7.60. The van der Waals surface area contributed by atoms with Gasteiger partial charge in [0.15, 0.2) is 0 Å². The molecule has 0 aliphatic rings. The third kappa shape index (κ3) is 12.5. The van der Waals surface area contributed by atoms with Crippen LogP contribution in [0.3, 0.4) is 0 Å². The van der Waals surface area contributed by atoms with Crippen LogP contribution in [0.5, 0.6) is 0 Å². The fraction of sp³-hybridized carbons (Fsp3) is 1.00. The van der Waals surface area contributed by atoms with Crippen LogP contribution in [-0.2, 0) is 3.79 Å². The van der Waals surface area contributed by atoms with E-state index in [0.29, 0.717) is 18.1 Å². The predicted molar refractivity (Wildman–Crippen MR) is 106 cm³/mol. The SMILES string of the molecule is CCCC([O][Al]([CH2]C(C)C)[CH2]C(C)C)N(CC(C)C)CC(C)C. The molecule has 0 aromatic heterocycles. The highest BCUT2D eigenvalue weighted by atomic mass is 27.2. The molecule has 0 spiro atoms. The summed E-state index contributed by atoms with van der Waals surface area (Å²) in [6.45, 7) is 23.3. The lowest BCUT2D eigenvalue weighted by Gasteiger charge is -2.37. The summed E-state index contributed by atoms with van der Waals surface area (Å²) in [7, 11) is 0. The van der Waals surface area contributed by atoms with Gasteiger partial charge in [0.05, 0.1) is 6.23 Å². The van der Waals surface area contributed by atoms with Gasteiger partial charge in [0.1, 0.15) is 0 Å². The predicted octanol–water partition coefficient (Wildman–Crippen LogP) is 6.05. The molecule has 138 valence electrons. The van der Waals surface area contributed by atoms with Gasteiger partial charge in [-0.3, -0.25) is 4.90 Å². The molecule has 1 atom stereocenters. The van der Waals surface area contributed by atoms with Gasteiger partial charge in [-0.15, -0.1) is 0 Å². The Morgan fingerprint density at radius 1 is 0.739 bits per heavy atom. The first-order chi connectivity index (χ1) is 10.6. The quantitative estimate of drug-likeness (QED) is 0.299. The van der Waals surface area contributed by atoms with Gasteiger partial charge < -0.3 is 3.79 Å². The van der Waals surface area contributed by atoms with E-state index in [1.807, 2.05) is 0 Å². The van der Waals surface area contributed by atoms with Crippen molar-refractivity contribution in [2.75, 3.05) is 13.1 Å². The maximum absolute atomic E-state index is 6.84. The Bertz CT molecular complexity index is 259. The van der Waals surface area contributed by atoms with Gasteiger partial charge in [-0.25, -0.2) is 0 Å². The molecule has 0 aliphatic carbocycles. The summed E-state index contributed by atoms with van der Waals surface area (Å²) in [4.78, 5) is 2.64. The van der Waals surface area contributed by atoms with E-state index in [4.69, 9.17) is 3.79 Å². The molecule has 0 rings (SSSR count). The van der Waals surface area contributed by atoms with E-state index in [-0.39, 0.29) is 0 Å². The maximum Gasteiger partial charge on any atom is 0.462 e. The lowest BCUT2D eigenvalue weighted by molar-refractivity contribution is -0.000644. The average molecular weight is 342 g/mol. The molecule has 1 unspecified atom stereocenters. The van der Waals surface area contributed by atoms with Crippen molar-refractivity contribution in [3.63, 3.8) is 0 Å². The summed E-state index contributed by atoms with van der Waals surface area (Å²) in [5.74, 6) is 2.92. The fourth-order valence-electron chi connectivity index (χ4n) is 3.31. The van der Waals surface area contributed by atoms with Crippen LogP contribution in [0.15, 0.2) is 0 Å². The first kappa shape index (κ1) is 23.5. The van der Waals surface area contributed by atoms with E-state index in [0.717, 1.165) is 24.9 Å². The van der Waals surface area contributed by atoms with Crippen molar-refractivity contribution < 1.29 is 3.79 Å². The number of hydrogen-bond donors (Lipinski definition) is 0. The topological polar surface area (TPSA) is 12.5 Å². The van der Waals surface area contributed by atoms with Gasteiger partial charge in [-0.05, 0) is 18.3 Å². The minimum atomic E-state index is -1.13. The highest BCUT2D eigenvalue weighted by Gasteiger charge is 2.29. The average Bonchev–Trinajstić information content (AvgIpc) is 2.34. The van der Waals surface area contributed by atoms with Crippen LogP contribution in [0.4, 0.5) is 0 Å². The molecule has 0 saturated carbocycles. The summed E-state index contributed by atoms with van der Waals surface area (Å²) in [5, 5.41) is 2.63. The number of rotatable bonds is 13. The van der Waals surface area contributed by atoms with Gasteiger partial charge in [0.25, 0.3) is 0 Å². The molecule has 0 aromatic rings. The molecule has 0 N–H and O–H groups in total. The fourth-order valence-corrected chi connectivity index (χ4v) is 6.58. The van der Waals surface area contributed by atoms with Crippen LogP contribution >= 0.6 is 0 Å². The number of nitrogens with zero attached hydrogens (tertiary/aromatic N) is 1. The maximum atomic E-state index is 6.84. The summed E-state index contributed by atoms with van der Waals surface area (Å²) in [6, 6.07) is 0. The summed E-state index contributed by atoms with van der Waals surface area (Å²) in [6.07, 6.45) is 2.74. The van der Waals surface area contributed by atoms with Crippen molar-refractivity contribution >= 4 is 14.5 Å². The van der Waals surface area contributed by atoms with Crippen molar-refractivity contribution in [2.24, 2.45) is 23.7 Å². The third-order valence-electron chi connectivity index (χ3n) is 3.96. The van der Waals surface area contributed by atoms with Crippen molar-refractivity contribution in [3.05, 3.63) is 0 Å². The van der Waals surface area contributed by atoms with E-state index in [2.05, 4.69) is 67.2 Å². The Labute approximate surface area is 152 Å². The standard InChI is InChI=1S/C12H26NO.2C4H9.Al/c1-6-7-12(14)13(8-10(2)3)9-11(4)5;2*1-4(2)3;/h10-12H,6-9H2,1-5H3;2*4H,1H2,2-3H3;/q-1;;;+1. The Hall–Kier alpha value is 0.452. The molecule has 0 saturated heterocycles. The highest BCUT2D eigenvalue weighted by Crippen LogP contribution is 2.21. The minimum Gasteiger partial charge on any atom is -0.487 e. The van der Waals surface area contributed by atoms with Crippen LogP contribution in [0, 0.1) is 23.7 Å². The van der Waals surface area contributed by atoms with Gasteiger partial charge in [0.2, 0.25) is 0 Å². The van der Waals surface area contributed by atoms with Crippen molar-refractivity contribution in [3.8, 4) is 0 Å². The van der Waals surface area contributed by atoms with Crippen molar-refractivity contribution in [1.29, 1.82) is 0 Å². The summed E-state index contributed by atoms with van der Waals surface area (Å²) in [5.41, 5.74) is 0. The zero-order valence-electron chi connectivity index (χ0n) is 17.6. The van der Waals surface area contributed by atoms with Crippen LogP contribution in [0.25, 0.3) is 0 Å². The molecule has 0 heterocycles. The molecule has 23 heavy (non-hydrogen) atoms. The lowest BCUT2D eigenvalue weighted by Crippen LogP contribution is -2.45. The molecule has 0 fully saturated rings. The Kier molecular flexibility index (Phi) is 13.0. The smallest absolute Gasteiger partial charge is 0.462 e. The van der Waals surface area contributed by atoms with Crippen molar-refractivity contribution in [2.45, 2.75) is 91.9 Å². The second-order valence-corrected chi connectivity index (χ2v) is 11.5. The van der Waals surface area contributed by atoms with Crippen LogP contribution in [0.2, 0.25) is 10.6 Å². The van der Waals surface area contributed by atoms with Gasteiger partial charge in [-0.2, -0.15) is 0 Å². The summed E-state index contributed by atoms with van der Waals surface area (Å²) >= 11 is -1.13. The molecule has 3 heteroatoms. The first-order valence-corrected chi connectivity index (χ1v) is 12.2. The monoisotopic (exact) mass is 341 g/mol. The van der Waals surface area contributed by atoms with Gasteiger partial charge in [0, 0.05) is 13.1 Å². The molecule has 0 aromatic carbocycles. The summed E-state index contributed by atoms with van der Waals surface area (Å²) < 4.78 is 6.84. The van der Waals surface area contributed by atoms with E-state index in [9.17, 15) is 0 Å². The second-order valence-electron chi connectivity index (χ2n) is 9.00. The number of hydrogen-bond acceptors (Lipinski definition) is 2. The highest BCUT2D eigenvalue weighted by molar-refractivity contribution is 6.52.